The minimum absolute atomic E-state index is 0.111. The van der Waals surface area contributed by atoms with Gasteiger partial charge in [-0.25, -0.2) is 4.57 Å². The molecular formula is C18H16N2O7P. The van der Waals surface area contributed by atoms with Crippen molar-refractivity contribution in [2.45, 2.75) is 31.1 Å². The number of benzene rings is 2. The van der Waals surface area contributed by atoms with Gasteiger partial charge in [-0.1, -0.05) is 38.1 Å². The van der Waals surface area contributed by atoms with E-state index in [0.29, 0.717) is 0 Å². The summed E-state index contributed by atoms with van der Waals surface area (Å²) in [6.07, 6.45) is 0. The maximum atomic E-state index is 13.3. The lowest BCUT2D eigenvalue weighted by Crippen LogP contribution is -2.56. The molecule has 0 saturated carbocycles. The Kier molecular flexibility index (Phi) is 3.92. The third-order valence-corrected chi connectivity index (χ3v) is 5.80. The number of rotatable bonds is 4. The molecule has 0 bridgehead atoms. The molecule has 10 heteroatoms. The first-order valence-corrected chi connectivity index (χ1v) is 9.67. The molecule has 1 radical (unpaired) electrons. The molecule has 4 rings (SSSR count). The summed E-state index contributed by atoms with van der Waals surface area (Å²) in [5, 5.41) is 25.3. The molecule has 1 heterocycles. The molecule has 2 aliphatic rings. The normalized spacial score (nSPS) is 25.2. The van der Waals surface area contributed by atoms with E-state index in [9.17, 15) is 29.5 Å². The number of ketones is 1. The number of carbonyl (C=O) groups is 1. The zero-order chi connectivity index (χ0) is 20.4. The number of aliphatic hydroxyl groups is 1. The van der Waals surface area contributed by atoms with E-state index in [-0.39, 0.29) is 28.4 Å². The van der Waals surface area contributed by atoms with Gasteiger partial charge in [0.2, 0.25) is 0 Å². The Balaban J connectivity index is 2.06. The highest BCUT2D eigenvalue weighted by Crippen LogP contribution is 2.61. The zero-order valence-corrected chi connectivity index (χ0v) is 15.8. The summed E-state index contributed by atoms with van der Waals surface area (Å²) in [5.74, 6) is -3.09. The standard InChI is InChI=1S/C18H16N2O7P/c1-9(2)10-6-7-12-14(8-10)27-18(22)15-11(4-3-5-13(15)20(23)24)16(21)17(12,18)19-28(25)26/h3-9,22H,1-2H3,(H2,19,25,26). The summed E-state index contributed by atoms with van der Waals surface area (Å²) in [5.41, 5.74) is -2.17. The minimum atomic E-state index is -3.11. The van der Waals surface area contributed by atoms with Crippen molar-refractivity contribution in [2.75, 3.05) is 0 Å². The molecule has 28 heavy (non-hydrogen) atoms. The van der Waals surface area contributed by atoms with Crippen LogP contribution in [0.4, 0.5) is 5.69 Å². The first-order chi connectivity index (χ1) is 13.1. The number of nitrogens with zero attached hydrogens (tertiary/aromatic N) is 1. The van der Waals surface area contributed by atoms with E-state index < -0.39 is 35.9 Å². The molecule has 0 fully saturated rings. The number of ether oxygens (including phenoxy) is 1. The minimum Gasteiger partial charge on any atom is -0.454 e. The lowest BCUT2D eigenvalue weighted by molar-refractivity contribution is -0.388. The Bertz CT molecular complexity index is 1070. The highest BCUT2D eigenvalue weighted by atomic mass is 31.1. The zero-order valence-electron chi connectivity index (χ0n) is 14.9. The van der Waals surface area contributed by atoms with Crippen molar-refractivity contribution < 1.29 is 29.0 Å². The van der Waals surface area contributed by atoms with E-state index in [4.69, 9.17) is 4.74 Å². The smallest absolute Gasteiger partial charge is 0.293 e. The molecule has 145 valence electrons. The van der Waals surface area contributed by atoms with Crippen molar-refractivity contribution in [3.8, 4) is 5.75 Å². The second kappa shape index (κ2) is 5.89. The second-order valence-electron chi connectivity index (χ2n) is 7.08. The van der Waals surface area contributed by atoms with Crippen molar-refractivity contribution in [1.82, 2.24) is 5.09 Å². The molecule has 3 atom stereocenters. The summed E-state index contributed by atoms with van der Waals surface area (Å²) in [6, 6.07) is 8.65. The predicted octanol–water partition coefficient (Wildman–Crippen LogP) is 2.59. The molecular weight excluding hydrogens is 387 g/mol. The molecule has 9 nitrogen and oxygen atoms in total. The van der Waals surface area contributed by atoms with Crippen LogP contribution in [-0.2, 0) is 15.9 Å². The maximum absolute atomic E-state index is 13.3. The van der Waals surface area contributed by atoms with Crippen molar-refractivity contribution >= 4 is 19.6 Å². The lowest BCUT2D eigenvalue weighted by atomic mass is 9.83. The fourth-order valence-corrected chi connectivity index (χ4v) is 4.66. The summed E-state index contributed by atoms with van der Waals surface area (Å²) in [7, 11) is -3.11. The van der Waals surface area contributed by atoms with Crippen LogP contribution in [0.5, 0.6) is 5.75 Å². The first kappa shape index (κ1) is 18.6. The van der Waals surface area contributed by atoms with Crippen LogP contribution in [0.2, 0.25) is 0 Å². The van der Waals surface area contributed by atoms with E-state index >= 15 is 0 Å². The molecule has 3 unspecified atom stereocenters. The monoisotopic (exact) mass is 403 g/mol. The van der Waals surface area contributed by atoms with Crippen LogP contribution in [0.25, 0.3) is 0 Å². The van der Waals surface area contributed by atoms with E-state index in [1.54, 1.807) is 12.1 Å². The number of nitrogens with one attached hydrogen (secondary N) is 1. The Hall–Kier alpha value is -2.71. The van der Waals surface area contributed by atoms with E-state index in [1.807, 2.05) is 13.8 Å². The van der Waals surface area contributed by atoms with Crippen molar-refractivity contribution in [3.05, 3.63) is 68.8 Å². The van der Waals surface area contributed by atoms with Crippen LogP contribution in [0.3, 0.4) is 0 Å². The number of fused-ring (bicyclic) bond motifs is 5. The van der Waals surface area contributed by atoms with Gasteiger partial charge in [0, 0.05) is 17.2 Å². The van der Waals surface area contributed by atoms with Crippen LogP contribution in [0.15, 0.2) is 36.4 Å². The number of hydrogen-bond donors (Lipinski definition) is 3. The van der Waals surface area contributed by atoms with Gasteiger partial charge in [-0.2, -0.15) is 5.09 Å². The van der Waals surface area contributed by atoms with Gasteiger partial charge in [-0.15, -0.1) is 0 Å². The molecule has 0 spiro atoms. The van der Waals surface area contributed by atoms with Crippen LogP contribution in [0.1, 0.15) is 46.8 Å². The Morgan fingerprint density at radius 2 is 2.00 bits per heavy atom. The molecule has 2 aromatic carbocycles. The van der Waals surface area contributed by atoms with Crippen molar-refractivity contribution in [3.63, 3.8) is 0 Å². The molecule has 0 aromatic heterocycles. The van der Waals surface area contributed by atoms with E-state index in [0.717, 1.165) is 11.6 Å². The topological polar surface area (TPSA) is 139 Å². The number of Topliss-reactive ketones (excluding diaryl/α,β-unsaturated/α-hetero) is 1. The second-order valence-corrected chi connectivity index (χ2v) is 7.85. The molecule has 1 aliphatic carbocycles. The average molecular weight is 403 g/mol. The molecule has 0 saturated heterocycles. The van der Waals surface area contributed by atoms with Crippen molar-refractivity contribution in [2.24, 2.45) is 0 Å². The third-order valence-electron chi connectivity index (χ3n) is 5.27. The molecule has 2 aromatic rings. The Labute approximate surface area is 160 Å². The lowest BCUT2D eigenvalue weighted by Gasteiger charge is -2.32. The first-order valence-electron chi connectivity index (χ1n) is 8.46. The van der Waals surface area contributed by atoms with Crippen LogP contribution in [-0.4, -0.2) is 20.7 Å². The van der Waals surface area contributed by atoms with Gasteiger partial charge in [0.15, 0.2) is 11.3 Å². The fourth-order valence-electron chi connectivity index (χ4n) is 4.00. The Morgan fingerprint density at radius 3 is 2.61 bits per heavy atom. The number of carbonyl (C=O) groups excluding carboxylic acids is 1. The summed E-state index contributed by atoms with van der Waals surface area (Å²) in [6.45, 7) is 3.88. The van der Waals surface area contributed by atoms with Gasteiger partial charge < -0.3 is 14.7 Å². The van der Waals surface area contributed by atoms with Gasteiger partial charge >= 0.3 is 0 Å². The molecule has 1 aliphatic heterocycles. The van der Waals surface area contributed by atoms with Gasteiger partial charge in [0.1, 0.15) is 11.3 Å². The number of hydrogen-bond acceptors (Lipinski definition) is 6. The van der Waals surface area contributed by atoms with Gasteiger partial charge in [-0.05, 0) is 17.5 Å². The van der Waals surface area contributed by atoms with E-state index in [1.165, 1.54) is 18.2 Å². The van der Waals surface area contributed by atoms with Gasteiger partial charge in [0.25, 0.3) is 19.7 Å². The highest BCUT2D eigenvalue weighted by molar-refractivity contribution is 7.35. The SMILES string of the molecule is CC(C)c1ccc2c(c1)OC1(O)c3c(cccc3[N+](=O)[O-])C(=O)C21N[P](=O)O. The van der Waals surface area contributed by atoms with Crippen LogP contribution < -0.4 is 9.82 Å². The fraction of sp³-hybridized carbons (Fsp3) is 0.278. The van der Waals surface area contributed by atoms with Crippen LogP contribution >= 0.6 is 8.18 Å². The average Bonchev–Trinajstić information content (AvgIpc) is 2.97. The van der Waals surface area contributed by atoms with E-state index in [2.05, 4.69) is 5.09 Å². The number of nitro benzene ring substituents is 1. The molecule has 0 amide bonds. The summed E-state index contributed by atoms with van der Waals surface area (Å²) in [4.78, 5) is 33.7. The van der Waals surface area contributed by atoms with Crippen molar-refractivity contribution in [1.29, 1.82) is 0 Å². The quantitative estimate of drug-likeness (QED) is 0.402. The van der Waals surface area contributed by atoms with Gasteiger partial charge in [0.05, 0.1) is 4.92 Å². The third kappa shape index (κ3) is 2.15. The summed E-state index contributed by atoms with van der Waals surface area (Å²) < 4.78 is 17.4. The predicted molar refractivity (Wildman–Crippen MR) is 97.1 cm³/mol. The van der Waals surface area contributed by atoms with Crippen LogP contribution in [0, 0.1) is 10.1 Å². The largest absolute Gasteiger partial charge is 0.454 e. The van der Waals surface area contributed by atoms with Gasteiger partial charge in [-0.3, -0.25) is 14.9 Å². The Morgan fingerprint density at radius 1 is 1.29 bits per heavy atom. The highest BCUT2D eigenvalue weighted by Gasteiger charge is 2.73. The maximum Gasteiger partial charge on any atom is 0.293 e. The molecule has 3 N–H and O–H groups in total. The number of nitro groups is 1. The summed E-state index contributed by atoms with van der Waals surface area (Å²) >= 11 is 0.